The third-order valence-corrected chi connectivity index (χ3v) is 3.93. The lowest BCUT2D eigenvalue weighted by molar-refractivity contribution is 0.0502. The first kappa shape index (κ1) is 16.6. The minimum absolute atomic E-state index is 0.155. The summed E-state index contributed by atoms with van der Waals surface area (Å²) < 4.78 is 5.30. The van der Waals surface area contributed by atoms with E-state index in [1.54, 1.807) is 13.1 Å². The predicted octanol–water partition coefficient (Wildman–Crippen LogP) is 2.44. The summed E-state index contributed by atoms with van der Waals surface area (Å²) in [5.41, 5.74) is 8.24. The molecule has 0 spiro atoms. The molecule has 0 aliphatic rings. The molecule has 0 fully saturated rings. The van der Waals surface area contributed by atoms with Gasteiger partial charge in [0.1, 0.15) is 5.69 Å². The Balaban J connectivity index is 1.66. The second-order valence-corrected chi connectivity index (χ2v) is 5.62. The quantitative estimate of drug-likeness (QED) is 0.723. The highest BCUT2D eigenvalue weighted by molar-refractivity contribution is 5.95. The number of fused-ring (bicyclic) bond motifs is 1. The summed E-state index contributed by atoms with van der Waals surface area (Å²) in [5.74, 6) is -1.10. The first-order valence-corrected chi connectivity index (χ1v) is 7.82. The average molecular weight is 335 g/mol. The van der Waals surface area contributed by atoms with Crippen LogP contribution in [0.25, 0.3) is 10.9 Å². The summed E-state index contributed by atoms with van der Waals surface area (Å²) in [7, 11) is 0. The summed E-state index contributed by atoms with van der Waals surface area (Å²) in [6, 6.07) is 11.2. The number of aryl methyl sites for hydroxylation is 1. The van der Waals surface area contributed by atoms with Gasteiger partial charge in [-0.05, 0) is 36.2 Å². The van der Waals surface area contributed by atoms with Crippen molar-refractivity contribution in [3.8, 4) is 0 Å². The molecule has 0 saturated heterocycles. The number of carbonyl (C=O) groups is 2. The van der Waals surface area contributed by atoms with Crippen LogP contribution < -0.4 is 5.73 Å². The predicted molar refractivity (Wildman–Crippen MR) is 93.2 cm³/mol. The molecule has 0 saturated carbocycles. The molecule has 2 aromatic heterocycles. The van der Waals surface area contributed by atoms with Gasteiger partial charge in [0.15, 0.2) is 0 Å². The number of esters is 1. The second kappa shape index (κ2) is 7.09. The van der Waals surface area contributed by atoms with Gasteiger partial charge in [-0.25, -0.2) is 9.78 Å². The average Bonchev–Trinajstić information content (AvgIpc) is 2.61. The fraction of sp³-hybridized carbons (Fsp3) is 0.158. The van der Waals surface area contributed by atoms with Crippen molar-refractivity contribution < 1.29 is 14.3 Å². The van der Waals surface area contributed by atoms with Crippen LogP contribution in [0.4, 0.5) is 0 Å². The van der Waals surface area contributed by atoms with Crippen LogP contribution in [-0.2, 0) is 11.2 Å². The number of carbonyl (C=O) groups excluding carboxylic acids is 2. The summed E-state index contributed by atoms with van der Waals surface area (Å²) >= 11 is 0. The van der Waals surface area contributed by atoms with E-state index >= 15 is 0 Å². The Hall–Kier alpha value is -3.28. The molecule has 6 heteroatoms. The summed E-state index contributed by atoms with van der Waals surface area (Å²) in [6.45, 7) is 1.92. The normalized spacial score (nSPS) is 10.6. The van der Waals surface area contributed by atoms with Gasteiger partial charge >= 0.3 is 5.97 Å². The van der Waals surface area contributed by atoms with Crippen molar-refractivity contribution in [2.24, 2.45) is 5.73 Å². The number of primary amides is 1. The molecule has 0 atom stereocenters. The molecule has 3 rings (SSSR count). The van der Waals surface area contributed by atoms with Gasteiger partial charge < -0.3 is 10.5 Å². The Morgan fingerprint density at radius 1 is 1.16 bits per heavy atom. The van der Waals surface area contributed by atoms with Gasteiger partial charge in [0, 0.05) is 24.2 Å². The monoisotopic (exact) mass is 335 g/mol. The third kappa shape index (κ3) is 3.63. The van der Waals surface area contributed by atoms with Gasteiger partial charge in [-0.15, -0.1) is 0 Å². The van der Waals surface area contributed by atoms with Crippen LogP contribution in [0.1, 0.15) is 32.0 Å². The van der Waals surface area contributed by atoms with Crippen molar-refractivity contribution in [3.05, 3.63) is 71.2 Å². The Morgan fingerprint density at radius 3 is 2.76 bits per heavy atom. The van der Waals surface area contributed by atoms with Gasteiger partial charge in [0.2, 0.25) is 0 Å². The minimum atomic E-state index is -0.575. The van der Waals surface area contributed by atoms with Crippen LogP contribution in [-0.4, -0.2) is 28.5 Å². The van der Waals surface area contributed by atoms with E-state index in [1.807, 2.05) is 30.3 Å². The molecule has 1 aromatic carbocycles. The number of rotatable bonds is 5. The lowest BCUT2D eigenvalue weighted by atomic mass is 10.1. The van der Waals surface area contributed by atoms with E-state index in [9.17, 15) is 9.59 Å². The van der Waals surface area contributed by atoms with Gasteiger partial charge in [-0.3, -0.25) is 9.78 Å². The van der Waals surface area contributed by atoms with Crippen LogP contribution >= 0.6 is 0 Å². The molecule has 2 N–H and O–H groups in total. The standard InChI is InChI=1S/C19H17N3O3/c1-12-10-17(22-11-15(12)18(20)23)19(24)25-9-7-13-4-2-6-16-14(13)5-3-8-21-16/h2-6,8,10-11H,7,9H2,1H3,(H2,20,23). The maximum absolute atomic E-state index is 12.1. The molecular weight excluding hydrogens is 318 g/mol. The summed E-state index contributed by atoms with van der Waals surface area (Å²) in [4.78, 5) is 31.6. The van der Waals surface area contributed by atoms with E-state index in [1.165, 1.54) is 12.3 Å². The summed E-state index contributed by atoms with van der Waals surface area (Å²) in [6.07, 6.45) is 3.62. The molecule has 2 heterocycles. The SMILES string of the molecule is Cc1cc(C(=O)OCCc2cccc3ncccc23)ncc1C(N)=O. The zero-order valence-corrected chi connectivity index (χ0v) is 13.7. The lowest BCUT2D eigenvalue weighted by Gasteiger charge is -2.08. The molecule has 3 aromatic rings. The first-order valence-electron chi connectivity index (χ1n) is 7.82. The number of nitrogens with two attached hydrogens (primary N) is 1. The number of aromatic nitrogens is 2. The topological polar surface area (TPSA) is 95.2 Å². The van der Waals surface area contributed by atoms with E-state index in [0.29, 0.717) is 17.5 Å². The molecule has 0 unspecified atom stereocenters. The fourth-order valence-electron chi connectivity index (χ4n) is 2.64. The maximum Gasteiger partial charge on any atom is 0.356 e. The van der Waals surface area contributed by atoms with E-state index in [-0.39, 0.29) is 12.3 Å². The van der Waals surface area contributed by atoms with E-state index in [0.717, 1.165) is 16.5 Å². The van der Waals surface area contributed by atoms with Crippen LogP contribution in [0, 0.1) is 6.92 Å². The molecule has 0 aliphatic carbocycles. The van der Waals surface area contributed by atoms with Crippen molar-refractivity contribution in [1.82, 2.24) is 9.97 Å². The van der Waals surface area contributed by atoms with Crippen molar-refractivity contribution in [1.29, 1.82) is 0 Å². The number of pyridine rings is 2. The van der Waals surface area contributed by atoms with Crippen LogP contribution in [0.5, 0.6) is 0 Å². The zero-order chi connectivity index (χ0) is 17.8. The van der Waals surface area contributed by atoms with E-state index < -0.39 is 11.9 Å². The number of ether oxygens (including phenoxy) is 1. The Kier molecular flexibility index (Phi) is 4.70. The molecule has 0 aliphatic heterocycles. The Morgan fingerprint density at radius 2 is 2.00 bits per heavy atom. The highest BCUT2D eigenvalue weighted by Gasteiger charge is 2.13. The van der Waals surface area contributed by atoms with Gasteiger partial charge in [-0.1, -0.05) is 18.2 Å². The highest BCUT2D eigenvalue weighted by Crippen LogP contribution is 2.17. The van der Waals surface area contributed by atoms with E-state index in [2.05, 4.69) is 9.97 Å². The van der Waals surface area contributed by atoms with E-state index in [4.69, 9.17) is 10.5 Å². The van der Waals surface area contributed by atoms with Crippen molar-refractivity contribution in [2.75, 3.05) is 6.61 Å². The van der Waals surface area contributed by atoms with Crippen LogP contribution in [0.3, 0.4) is 0 Å². The molecule has 0 bridgehead atoms. The third-order valence-electron chi connectivity index (χ3n) is 3.93. The number of hydrogen-bond acceptors (Lipinski definition) is 5. The maximum atomic E-state index is 12.1. The second-order valence-electron chi connectivity index (χ2n) is 5.62. The van der Waals surface area contributed by atoms with Crippen molar-refractivity contribution >= 4 is 22.8 Å². The smallest absolute Gasteiger partial charge is 0.356 e. The molecule has 1 amide bonds. The van der Waals surface area contributed by atoms with Crippen LogP contribution in [0.15, 0.2) is 48.8 Å². The molecule has 126 valence electrons. The fourth-order valence-corrected chi connectivity index (χ4v) is 2.64. The van der Waals surface area contributed by atoms with Crippen molar-refractivity contribution in [2.45, 2.75) is 13.3 Å². The molecule has 0 radical (unpaired) electrons. The largest absolute Gasteiger partial charge is 0.461 e. The van der Waals surface area contributed by atoms with Gasteiger partial charge in [-0.2, -0.15) is 0 Å². The van der Waals surface area contributed by atoms with Crippen molar-refractivity contribution in [3.63, 3.8) is 0 Å². The highest BCUT2D eigenvalue weighted by atomic mass is 16.5. The number of benzene rings is 1. The summed E-state index contributed by atoms with van der Waals surface area (Å²) in [5, 5.41) is 1.04. The zero-order valence-electron chi connectivity index (χ0n) is 13.7. The lowest BCUT2D eigenvalue weighted by Crippen LogP contribution is -2.15. The molecular formula is C19H17N3O3. The molecule has 25 heavy (non-hydrogen) atoms. The first-order chi connectivity index (χ1) is 12.1. The minimum Gasteiger partial charge on any atom is -0.461 e. The number of hydrogen-bond donors (Lipinski definition) is 1. The number of amides is 1. The Bertz CT molecular complexity index is 948. The van der Waals surface area contributed by atoms with Gasteiger partial charge in [0.05, 0.1) is 17.7 Å². The van der Waals surface area contributed by atoms with Crippen LogP contribution in [0.2, 0.25) is 0 Å². The Labute approximate surface area is 144 Å². The molecule has 6 nitrogen and oxygen atoms in total. The van der Waals surface area contributed by atoms with Gasteiger partial charge in [0.25, 0.3) is 5.91 Å². The number of nitrogens with zero attached hydrogens (tertiary/aromatic N) is 2.